The number of nitrogens with two attached hydrogens (primary N) is 1. The summed E-state index contributed by atoms with van der Waals surface area (Å²) in [6.07, 6.45) is 4.59. The van der Waals surface area contributed by atoms with Crippen molar-refractivity contribution in [1.29, 1.82) is 0 Å². The van der Waals surface area contributed by atoms with Gasteiger partial charge in [0.05, 0.1) is 0 Å². The Morgan fingerprint density at radius 2 is 1.91 bits per heavy atom. The van der Waals surface area contributed by atoms with Gasteiger partial charge in [0, 0.05) is 10.7 Å². The number of hydrogen-bond acceptors (Lipinski definition) is 6. The Kier molecular flexibility index (Phi) is 9.74. The molecule has 5 nitrogen and oxygen atoms in total. The highest BCUT2D eigenvalue weighted by molar-refractivity contribution is 9.10. The van der Waals surface area contributed by atoms with E-state index in [-0.39, 0.29) is 5.92 Å². The number of hydrogen-bond donors (Lipinski definition) is 1. The van der Waals surface area contributed by atoms with Crippen LogP contribution < -0.4 is 5.73 Å². The highest BCUT2D eigenvalue weighted by Crippen LogP contribution is 2.47. The first-order chi connectivity index (χ1) is 15.3. The molecule has 0 aliphatic carbocycles. The molecule has 2 aromatic rings. The van der Waals surface area contributed by atoms with Crippen LogP contribution in [0, 0.1) is 5.92 Å². The summed E-state index contributed by atoms with van der Waals surface area (Å²) in [5, 5.41) is 1.78. The van der Waals surface area contributed by atoms with Crippen molar-refractivity contribution >= 4 is 43.1 Å². The van der Waals surface area contributed by atoms with Crippen molar-refractivity contribution < 1.29 is 17.9 Å². The van der Waals surface area contributed by atoms with Gasteiger partial charge in [-0.3, -0.25) is 0 Å². The molecule has 0 radical (unpaired) electrons. The minimum Gasteiger partial charge on any atom is -0.456 e. The third-order valence-electron chi connectivity index (χ3n) is 5.91. The maximum Gasteiger partial charge on any atom is 0.349 e. The molecule has 8 heteroatoms. The smallest absolute Gasteiger partial charge is 0.349 e. The first kappa shape index (κ1) is 28.0. The lowest BCUT2D eigenvalue weighted by molar-refractivity contribution is 0.00728. The van der Waals surface area contributed by atoms with E-state index in [2.05, 4.69) is 28.1 Å². The van der Waals surface area contributed by atoms with E-state index in [9.17, 15) is 13.2 Å². The molecule has 1 heterocycles. The van der Waals surface area contributed by atoms with E-state index >= 15 is 0 Å². The molecular formula is C25H36BrNO4S2. The summed E-state index contributed by atoms with van der Waals surface area (Å²) >= 11 is 4.74. The number of ether oxygens (including phenoxy) is 1. The number of benzene rings is 1. The molecule has 2 N–H and O–H groups in total. The van der Waals surface area contributed by atoms with Crippen LogP contribution in [0.5, 0.6) is 0 Å². The lowest BCUT2D eigenvalue weighted by Crippen LogP contribution is -2.43. The predicted octanol–water partition coefficient (Wildman–Crippen LogP) is 6.10. The Labute approximate surface area is 211 Å². The SMILES string of the molecule is CC(CCCc1cccc(Br)c1)C(CCCN)(c1ccsc1C(=O)OC(C)(C)C)S(C)(=O)=O. The molecule has 184 valence electrons. The van der Waals surface area contributed by atoms with E-state index < -0.39 is 26.2 Å². The fraction of sp³-hybridized carbons (Fsp3) is 0.560. The second kappa shape index (κ2) is 11.5. The zero-order chi connectivity index (χ0) is 24.9. The van der Waals surface area contributed by atoms with Crippen molar-refractivity contribution in [2.24, 2.45) is 11.7 Å². The summed E-state index contributed by atoms with van der Waals surface area (Å²) in [7, 11) is -3.59. The molecule has 0 saturated carbocycles. The minimum absolute atomic E-state index is 0.206. The molecule has 1 aromatic carbocycles. The van der Waals surface area contributed by atoms with E-state index in [4.69, 9.17) is 10.5 Å². The van der Waals surface area contributed by atoms with Crippen LogP contribution in [-0.2, 0) is 25.7 Å². The Morgan fingerprint density at radius 3 is 2.48 bits per heavy atom. The number of rotatable bonds is 11. The lowest BCUT2D eigenvalue weighted by Gasteiger charge is -2.38. The van der Waals surface area contributed by atoms with Crippen LogP contribution in [0.2, 0.25) is 0 Å². The first-order valence-corrected chi connectivity index (χ1v) is 14.8. The van der Waals surface area contributed by atoms with Crippen LogP contribution >= 0.6 is 27.3 Å². The molecule has 1 aromatic heterocycles. The van der Waals surface area contributed by atoms with Crippen LogP contribution in [0.3, 0.4) is 0 Å². The number of carbonyl (C=O) groups is 1. The van der Waals surface area contributed by atoms with Gasteiger partial charge in [0.2, 0.25) is 0 Å². The van der Waals surface area contributed by atoms with Crippen LogP contribution in [0.25, 0.3) is 0 Å². The summed E-state index contributed by atoms with van der Waals surface area (Å²) in [5.74, 6) is -0.684. The molecule has 0 aliphatic heterocycles. The minimum atomic E-state index is -3.59. The third kappa shape index (κ3) is 7.13. The van der Waals surface area contributed by atoms with Gasteiger partial charge in [-0.25, -0.2) is 13.2 Å². The Hall–Kier alpha value is -1.22. The Morgan fingerprint density at radius 1 is 1.21 bits per heavy atom. The van der Waals surface area contributed by atoms with E-state index in [1.54, 1.807) is 32.2 Å². The molecule has 33 heavy (non-hydrogen) atoms. The maximum atomic E-state index is 13.4. The van der Waals surface area contributed by atoms with Gasteiger partial charge in [0.15, 0.2) is 9.84 Å². The molecule has 0 amide bonds. The third-order valence-corrected chi connectivity index (χ3v) is 9.44. The van der Waals surface area contributed by atoms with Crippen molar-refractivity contribution in [2.75, 3.05) is 12.8 Å². The second-order valence-electron chi connectivity index (χ2n) is 9.64. The molecule has 0 spiro atoms. The van der Waals surface area contributed by atoms with E-state index in [0.717, 1.165) is 17.3 Å². The largest absolute Gasteiger partial charge is 0.456 e. The van der Waals surface area contributed by atoms with Crippen LogP contribution in [-0.4, -0.2) is 32.8 Å². The van der Waals surface area contributed by atoms with E-state index in [1.165, 1.54) is 23.2 Å². The van der Waals surface area contributed by atoms with Gasteiger partial charge in [-0.2, -0.15) is 0 Å². The summed E-state index contributed by atoms with van der Waals surface area (Å²) in [6.45, 7) is 7.78. The normalized spacial score (nSPS) is 15.1. The zero-order valence-corrected chi connectivity index (χ0v) is 23.4. The number of sulfone groups is 1. The van der Waals surface area contributed by atoms with Crippen LogP contribution in [0.1, 0.15) is 74.2 Å². The second-order valence-corrected chi connectivity index (χ2v) is 13.7. The number of aryl methyl sites for hydroxylation is 1. The summed E-state index contributed by atoms with van der Waals surface area (Å²) < 4.78 is 32.3. The number of halogens is 1. The number of thiophene rings is 1. The van der Waals surface area contributed by atoms with Gasteiger partial charge in [-0.15, -0.1) is 11.3 Å². The molecule has 0 fully saturated rings. The van der Waals surface area contributed by atoms with Gasteiger partial charge in [-0.1, -0.05) is 35.0 Å². The van der Waals surface area contributed by atoms with Gasteiger partial charge in [0.1, 0.15) is 15.2 Å². The molecule has 0 bridgehead atoms. The Bertz CT molecular complexity index is 1040. The highest BCUT2D eigenvalue weighted by Gasteiger charge is 2.49. The monoisotopic (exact) mass is 557 g/mol. The Balaban J connectivity index is 2.43. The molecule has 2 unspecified atom stereocenters. The first-order valence-electron chi connectivity index (χ1n) is 11.3. The summed E-state index contributed by atoms with van der Waals surface area (Å²) in [5.41, 5.74) is 6.90. The predicted molar refractivity (Wildman–Crippen MR) is 141 cm³/mol. The van der Waals surface area contributed by atoms with Gasteiger partial charge in [0.25, 0.3) is 0 Å². The molecule has 0 aliphatic rings. The summed E-state index contributed by atoms with van der Waals surface area (Å²) in [4.78, 5) is 13.4. The quantitative estimate of drug-likeness (QED) is 0.337. The zero-order valence-electron chi connectivity index (χ0n) is 20.2. The average molecular weight is 559 g/mol. The van der Waals surface area contributed by atoms with Crippen molar-refractivity contribution in [3.8, 4) is 0 Å². The van der Waals surface area contributed by atoms with Gasteiger partial charge < -0.3 is 10.5 Å². The fourth-order valence-corrected chi connectivity index (χ4v) is 7.72. The van der Waals surface area contributed by atoms with E-state index in [1.807, 2.05) is 19.1 Å². The number of esters is 1. The van der Waals surface area contributed by atoms with Gasteiger partial charge >= 0.3 is 5.97 Å². The molecular weight excluding hydrogens is 522 g/mol. The standard InChI is InChI=1S/C25H36BrNO4S2/c1-18(9-6-10-19-11-7-12-20(26)17-19)25(14-8-15-27,33(5,29)30)21-13-16-32-22(21)23(28)31-24(2,3)4/h7,11-13,16-18H,6,8-10,14-15,27H2,1-5H3. The van der Waals surface area contributed by atoms with Crippen molar-refractivity contribution in [2.45, 2.75) is 70.1 Å². The molecule has 0 saturated heterocycles. The van der Waals surface area contributed by atoms with Gasteiger partial charge in [-0.05, 0) is 100 Å². The fourth-order valence-electron chi connectivity index (χ4n) is 4.42. The van der Waals surface area contributed by atoms with Crippen molar-refractivity contribution in [3.63, 3.8) is 0 Å². The number of carbonyl (C=O) groups excluding carboxylic acids is 1. The molecule has 2 atom stereocenters. The average Bonchev–Trinajstić information content (AvgIpc) is 3.16. The van der Waals surface area contributed by atoms with Crippen molar-refractivity contribution in [1.82, 2.24) is 0 Å². The van der Waals surface area contributed by atoms with Crippen molar-refractivity contribution in [3.05, 3.63) is 56.2 Å². The maximum absolute atomic E-state index is 13.4. The lowest BCUT2D eigenvalue weighted by atomic mass is 9.79. The van der Waals surface area contributed by atoms with Crippen LogP contribution in [0.15, 0.2) is 40.2 Å². The molecule has 2 rings (SSSR count). The summed E-state index contributed by atoms with van der Waals surface area (Å²) in [6, 6.07) is 9.94. The highest BCUT2D eigenvalue weighted by atomic mass is 79.9. The van der Waals surface area contributed by atoms with E-state index in [0.29, 0.717) is 36.2 Å². The topological polar surface area (TPSA) is 86.5 Å². The van der Waals surface area contributed by atoms with Crippen LogP contribution in [0.4, 0.5) is 0 Å².